The van der Waals surface area contributed by atoms with E-state index in [1.807, 2.05) is 20.8 Å². The molecule has 19 heavy (non-hydrogen) atoms. The molecule has 0 N–H and O–H groups in total. The average molecular weight is 274 g/mol. The molecule has 0 spiro atoms. The van der Waals surface area contributed by atoms with Crippen molar-refractivity contribution in [3.63, 3.8) is 0 Å². The number of piperazine rings is 1. The van der Waals surface area contributed by atoms with Crippen molar-refractivity contribution >= 4 is 0 Å². The molecule has 0 radical (unpaired) electrons. The molecule has 1 rings (SSSR count). The molecule has 0 aliphatic carbocycles. The van der Waals surface area contributed by atoms with Gasteiger partial charge in [-0.2, -0.15) is 0 Å². The fourth-order valence-electron chi connectivity index (χ4n) is 2.01. The number of ether oxygens (including phenoxy) is 2. The Hall–Kier alpha value is -0.160. The van der Waals surface area contributed by atoms with Crippen LogP contribution < -0.4 is 0 Å². The van der Waals surface area contributed by atoms with Crippen molar-refractivity contribution in [3.05, 3.63) is 0 Å². The van der Waals surface area contributed by atoms with Crippen molar-refractivity contribution in [3.8, 4) is 0 Å². The van der Waals surface area contributed by atoms with Crippen molar-refractivity contribution in [1.82, 2.24) is 9.80 Å². The first-order chi connectivity index (χ1) is 9.36. The van der Waals surface area contributed by atoms with Crippen LogP contribution in [-0.2, 0) is 9.47 Å². The standard InChI is InChI=1S/C13H28N2O2.C2H6/c1-3-11-17-13-10-15-7-5-14(6-8-15)9-12-16-4-2;1-2/h3-13H2,1-2H3;1-2H3. The quantitative estimate of drug-likeness (QED) is 0.601. The Labute approximate surface area is 120 Å². The smallest absolute Gasteiger partial charge is 0.0593 e. The molecule has 4 heteroatoms. The summed E-state index contributed by atoms with van der Waals surface area (Å²) in [6.07, 6.45) is 1.12. The maximum atomic E-state index is 5.52. The minimum atomic E-state index is 0.828. The zero-order chi connectivity index (χ0) is 14.3. The van der Waals surface area contributed by atoms with Gasteiger partial charge in [0, 0.05) is 52.5 Å². The lowest BCUT2D eigenvalue weighted by Crippen LogP contribution is -2.48. The summed E-state index contributed by atoms with van der Waals surface area (Å²) in [4.78, 5) is 4.98. The van der Waals surface area contributed by atoms with Crippen LogP contribution in [0.15, 0.2) is 0 Å². The van der Waals surface area contributed by atoms with Crippen molar-refractivity contribution in [2.45, 2.75) is 34.1 Å². The van der Waals surface area contributed by atoms with Crippen molar-refractivity contribution in [1.29, 1.82) is 0 Å². The first-order valence-corrected chi connectivity index (χ1v) is 7.97. The Kier molecular flexibility index (Phi) is 14.1. The van der Waals surface area contributed by atoms with Gasteiger partial charge in [0.25, 0.3) is 0 Å². The Morgan fingerprint density at radius 3 is 1.63 bits per heavy atom. The van der Waals surface area contributed by atoms with Gasteiger partial charge in [0.05, 0.1) is 13.2 Å². The number of hydrogen-bond acceptors (Lipinski definition) is 4. The summed E-state index contributed by atoms with van der Waals surface area (Å²) in [6, 6.07) is 0. The first kappa shape index (κ1) is 18.8. The molecule has 0 aromatic carbocycles. The summed E-state index contributed by atoms with van der Waals surface area (Å²) in [5.41, 5.74) is 0. The molecular formula is C15H34N2O2. The van der Waals surface area contributed by atoms with Crippen LogP contribution in [0.25, 0.3) is 0 Å². The fourth-order valence-corrected chi connectivity index (χ4v) is 2.01. The van der Waals surface area contributed by atoms with Gasteiger partial charge in [-0.25, -0.2) is 0 Å². The molecule has 0 saturated carbocycles. The van der Waals surface area contributed by atoms with E-state index >= 15 is 0 Å². The molecule has 0 unspecified atom stereocenters. The molecule has 0 aromatic heterocycles. The van der Waals surface area contributed by atoms with Crippen LogP contribution in [0.2, 0.25) is 0 Å². The van der Waals surface area contributed by atoms with E-state index in [1.54, 1.807) is 0 Å². The summed E-state index contributed by atoms with van der Waals surface area (Å²) >= 11 is 0. The molecule has 0 atom stereocenters. The minimum Gasteiger partial charge on any atom is -0.380 e. The first-order valence-electron chi connectivity index (χ1n) is 7.97. The van der Waals surface area contributed by atoms with Crippen LogP contribution in [0.1, 0.15) is 34.1 Å². The Bertz CT molecular complexity index is 172. The summed E-state index contributed by atoms with van der Waals surface area (Å²) in [6.45, 7) is 18.5. The largest absolute Gasteiger partial charge is 0.380 e. The lowest BCUT2D eigenvalue weighted by molar-refractivity contribution is 0.0593. The van der Waals surface area contributed by atoms with Gasteiger partial charge >= 0.3 is 0 Å². The van der Waals surface area contributed by atoms with Crippen LogP contribution in [0.3, 0.4) is 0 Å². The van der Waals surface area contributed by atoms with Gasteiger partial charge in [-0.3, -0.25) is 9.80 Å². The van der Waals surface area contributed by atoms with E-state index in [2.05, 4.69) is 16.7 Å². The summed E-state index contributed by atoms with van der Waals surface area (Å²) in [7, 11) is 0. The molecule has 0 aromatic rings. The van der Waals surface area contributed by atoms with Crippen molar-refractivity contribution < 1.29 is 9.47 Å². The highest BCUT2D eigenvalue weighted by Crippen LogP contribution is 2.01. The number of nitrogens with zero attached hydrogens (tertiary/aromatic N) is 2. The average Bonchev–Trinajstić information content (AvgIpc) is 2.48. The third-order valence-corrected chi connectivity index (χ3v) is 3.12. The maximum absolute atomic E-state index is 5.52. The molecule has 0 bridgehead atoms. The predicted octanol–water partition coefficient (Wildman–Crippen LogP) is 2.09. The highest BCUT2D eigenvalue weighted by molar-refractivity contribution is 4.71. The number of hydrogen-bond donors (Lipinski definition) is 0. The van der Waals surface area contributed by atoms with E-state index in [4.69, 9.17) is 9.47 Å². The second-order valence-corrected chi connectivity index (χ2v) is 4.49. The van der Waals surface area contributed by atoms with E-state index in [-0.39, 0.29) is 0 Å². The van der Waals surface area contributed by atoms with E-state index in [1.165, 1.54) is 26.2 Å². The minimum absolute atomic E-state index is 0.828. The molecule has 1 fully saturated rings. The van der Waals surface area contributed by atoms with E-state index in [0.717, 1.165) is 45.9 Å². The van der Waals surface area contributed by atoms with Crippen LogP contribution in [0.4, 0.5) is 0 Å². The molecule has 1 aliphatic heterocycles. The molecule has 1 heterocycles. The fraction of sp³-hybridized carbons (Fsp3) is 1.00. The van der Waals surface area contributed by atoms with E-state index in [0.29, 0.717) is 0 Å². The van der Waals surface area contributed by atoms with Gasteiger partial charge in [-0.1, -0.05) is 20.8 Å². The lowest BCUT2D eigenvalue weighted by Gasteiger charge is -2.34. The maximum Gasteiger partial charge on any atom is 0.0593 e. The van der Waals surface area contributed by atoms with Gasteiger partial charge in [0.2, 0.25) is 0 Å². The highest BCUT2D eigenvalue weighted by Gasteiger charge is 2.15. The monoisotopic (exact) mass is 274 g/mol. The lowest BCUT2D eigenvalue weighted by atomic mass is 10.3. The summed E-state index contributed by atoms with van der Waals surface area (Å²) in [5, 5.41) is 0. The van der Waals surface area contributed by atoms with Gasteiger partial charge in [0.1, 0.15) is 0 Å². The van der Waals surface area contributed by atoms with Crippen molar-refractivity contribution in [2.75, 3.05) is 65.7 Å². The third kappa shape index (κ3) is 10.3. The van der Waals surface area contributed by atoms with Crippen molar-refractivity contribution in [2.24, 2.45) is 0 Å². The summed E-state index contributed by atoms with van der Waals surface area (Å²) in [5.74, 6) is 0. The van der Waals surface area contributed by atoms with Crippen LogP contribution in [0, 0.1) is 0 Å². The molecule has 4 nitrogen and oxygen atoms in total. The predicted molar refractivity (Wildman–Crippen MR) is 81.8 cm³/mol. The SMILES string of the molecule is CC.CCCOCCN1CCN(CCOCC)CC1. The molecule has 1 saturated heterocycles. The van der Waals surface area contributed by atoms with Gasteiger partial charge in [-0.15, -0.1) is 0 Å². The Balaban J connectivity index is 0.00000154. The highest BCUT2D eigenvalue weighted by atomic mass is 16.5. The molecular weight excluding hydrogens is 240 g/mol. The zero-order valence-electron chi connectivity index (χ0n) is 13.5. The topological polar surface area (TPSA) is 24.9 Å². The molecule has 116 valence electrons. The van der Waals surface area contributed by atoms with Crippen LogP contribution >= 0.6 is 0 Å². The Morgan fingerprint density at radius 1 is 0.737 bits per heavy atom. The second-order valence-electron chi connectivity index (χ2n) is 4.49. The zero-order valence-corrected chi connectivity index (χ0v) is 13.5. The van der Waals surface area contributed by atoms with Crippen LogP contribution in [-0.4, -0.2) is 75.5 Å². The van der Waals surface area contributed by atoms with Gasteiger partial charge < -0.3 is 9.47 Å². The summed E-state index contributed by atoms with van der Waals surface area (Å²) < 4.78 is 10.9. The molecule has 0 amide bonds. The van der Waals surface area contributed by atoms with E-state index < -0.39 is 0 Å². The Morgan fingerprint density at radius 2 is 1.21 bits per heavy atom. The van der Waals surface area contributed by atoms with Crippen LogP contribution in [0.5, 0.6) is 0 Å². The number of rotatable bonds is 9. The third-order valence-electron chi connectivity index (χ3n) is 3.12. The van der Waals surface area contributed by atoms with Gasteiger partial charge in [0.15, 0.2) is 0 Å². The van der Waals surface area contributed by atoms with E-state index in [9.17, 15) is 0 Å². The molecule has 1 aliphatic rings. The normalized spacial score (nSPS) is 17.1. The second kappa shape index (κ2) is 14.3. The van der Waals surface area contributed by atoms with Gasteiger partial charge in [-0.05, 0) is 13.3 Å².